The smallest absolute Gasteiger partial charge is 0.0303 e. The largest absolute Gasteiger partial charge is 0.327 e. The van der Waals surface area contributed by atoms with Crippen LogP contribution < -0.4 is 5.73 Å². The summed E-state index contributed by atoms with van der Waals surface area (Å²) < 4.78 is 0. The lowest BCUT2D eigenvalue weighted by molar-refractivity contribution is 0.198. The van der Waals surface area contributed by atoms with E-state index < -0.39 is 0 Å². The average Bonchev–Trinajstić information content (AvgIpc) is 2.23. The quantitative estimate of drug-likeness (QED) is 0.764. The van der Waals surface area contributed by atoms with Gasteiger partial charge in [-0.25, -0.2) is 0 Å². The Hall–Kier alpha value is -0.890. The summed E-state index contributed by atoms with van der Waals surface area (Å²) in [5, 5.41) is 0. The molecule has 2 atom stereocenters. The van der Waals surface area contributed by atoms with Crippen LogP contribution in [-0.4, -0.2) is 11.0 Å². The van der Waals surface area contributed by atoms with Gasteiger partial charge in [0, 0.05) is 24.4 Å². The van der Waals surface area contributed by atoms with E-state index in [-0.39, 0.29) is 0 Å². The zero-order chi connectivity index (χ0) is 10.9. The van der Waals surface area contributed by atoms with E-state index in [1.165, 1.54) is 18.4 Å². The standard InChI is InChI=1S/C13H20N2/c1-13(2)6-5-12(14)11(8-13)10-4-3-7-15-9-10/h3-4,7,9,11-12H,5-6,8,14H2,1-2H3. The third kappa shape index (κ3) is 2.37. The van der Waals surface area contributed by atoms with Crippen molar-refractivity contribution in [3.8, 4) is 0 Å². The highest BCUT2D eigenvalue weighted by atomic mass is 14.7. The number of hydrogen-bond acceptors (Lipinski definition) is 2. The number of nitrogens with zero attached hydrogens (tertiary/aromatic N) is 1. The minimum absolute atomic E-state index is 0.308. The SMILES string of the molecule is CC1(C)CCC(N)C(c2cccnc2)C1. The van der Waals surface area contributed by atoms with Gasteiger partial charge in [-0.05, 0) is 36.3 Å². The van der Waals surface area contributed by atoms with Gasteiger partial charge in [-0.15, -0.1) is 0 Å². The van der Waals surface area contributed by atoms with Gasteiger partial charge in [-0.1, -0.05) is 19.9 Å². The van der Waals surface area contributed by atoms with Crippen LogP contribution in [0.4, 0.5) is 0 Å². The maximum Gasteiger partial charge on any atom is 0.0303 e. The number of rotatable bonds is 1. The predicted octanol–water partition coefficient (Wildman–Crippen LogP) is 2.70. The van der Waals surface area contributed by atoms with Gasteiger partial charge in [0.1, 0.15) is 0 Å². The Morgan fingerprint density at radius 2 is 2.27 bits per heavy atom. The normalized spacial score (nSPS) is 30.1. The highest BCUT2D eigenvalue weighted by Gasteiger charge is 2.33. The summed E-state index contributed by atoms with van der Waals surface area (Å²) in [6.07, 6.45) is 7.34. The average molecular weight is 204 g/mol. The van der Waals surface area contributed by atoms with Gasteiger partial charge in [0.25, 0.3) is 0 Å². The monoisotopic (exact) mass is 204 g/mol. The van der Waals surface area contributed by atoms with E-state index in [1.54, 1.807) is 0 Å². The Morgan fingerprint density at radius 3 is 2.93 bits per heavy atom. The summed E-state index contributed by atoms with van der Waals surface area (Å²) in [5.41, 5.74) is 7.93. The van der Waals surface area contributed by atoms with Crippen LogP contribution in [-0.2, 0) is 0 Å². The molecule has 0 saturated heterocycles. The second-order valence-electron chi connectivity index (χ2n) is 5.46. The molecule has 2 rings (SSSR count). The third-order valence-electron chi connectivity index (χ3n) is 3.56. The number of aromatic nitrogens is 1. The lowest BCUT2D eigenvalue weighted by atomic mass is 9.68. The Bertz CT molecular complexity index is 319. The molecule has 15 heavy (non-hydrogen) atoms. The minimum Gasteiger partial charge on any atom is -0.327 e. The molecule has 2 N–H and O–H groups in total. The summed E-state index contributed by atoms with van der Waals surface area (Å²) in [4.78, 5) is 4.19. The van der Waals surface area contributed by atoms with E-state index in [1.807, 2.05) is 18.5 Å². The van der Waals surface area contributed by atoms with Crippen molar-refractivity contribution in [2.24, 2.45) is 11.1 Å². The van der Waals surface area contributed by atoms with Crippen LogP contribution >= 0.6 is 0 Å². The van der Waals surface area contributed by atoms with Crippen molar-refractivity contribution in [3.05, 3.63) is 30.1 Å². The predicted molar refractivity (Wildman–Crippen MR) is 62.6 cm³/mol. The molecule has 0 spiro atoms. The van der Waals surface area contributed by atoms with Gasteiger partial charge >= 0.3 is 0 Å². The van der Waals surface area contributed by atoms with Crippen molar-refractivity contribution in [2.75, 3.05) is 0 Å². The molecule has 1 saturated carbocycles. The zero-order valence-electron chi connectivity index (χ0n) is 9.61. The molecule has 0 amide bonds. The Labute approximate surface area is 91.9 Å². The van der Waals surface area contributed by atoms with Gasteiger partial charge in [-0.3, -0.25) is 4.98 Å². The zero-order valence-corrected chi connectivity index (χ0v) is 9.61. The molecule has 1 aliphatic carbocycles. The van der Waals surface area contributed by atoms with Gasteiger partial charge in [0.15, 0.2) is 0 Å². The summed E-state index contributed by atoms with van der Waals surface area (Å²) in [5.74, 6) is 0.488. The highest BCUT2D eigenvalue weighted by Crippen LogP contribution is 2.42. The van der Waals surface area contributed by atoms with E-state index in [0.29, 0.717) is 17.4 Å². The van der Waals surface area contributed by atoms with Crippen molar-refractivity contribution in [2.45, 2.75) is 45.1 Å². The first-order valence-corrected chi connectivity index (χ1v) is 5.74. The van der Waals surface area contributed by atoms with Crippen molar-refractivity contribution in [1.29, 1.82) is 0 Å². The molecule has 2 heteroatoms. The van der Waals surface area contributed by atoms with Crippen LogP contribution in [0.2, 0.25) is 0 Å². The molecule has 2 nitrogen and oxygen atoms in total. The first-order valence-electron chi connectivity index (χ1n) is 5.74. The third-order valence-corrected chi connectivity index (χ3v) is 3.56. The van der Waals surface area contributed by atoms with Crippen molar-refractivity contribution >= 4 is 0 Å². The molecule has 0 radical (unpaired) electrons. The van der Waals surface area contributed by atoms with Crippen molar-refractivity contribution in [3.63, 3.8) is 0 Å². The van der Waals surface area contributed by atoms with Crippen LogP contribution in [0.15, 0.2) is 24.5 Å². The topological polar surface area (TPSA) is 38.9 Å². The van der Waals surface area contributed by atoms with E-state index in [0.717, 1.165) is 6.42 Å². The van der Waals surface area contributed by atoms with E-state index in [4.69, 9.17) is 5.73 Å². The molecule has 0 aromatic carbocycles. The van der Waals surface area contributed by atoms with Crippen LogP contribution in [0.1, 0.15) is 44.6 Å². The van der Waals surface area contributed by atoms with Crippen molar-refractivity contribution in [1.82, 2.24) is 4.98 Å². The maximum atomic E-state index is 6.20. The second-order valence-corrected chi connectivity index (χ2v) is 5.46. The second kappa shape index (κ2) is 3.93. The molecule has 0 bridgehead atoms. The van der Waals surface area contributed by atoms with E-state index >= 15 is 0 Å². The van der Waals surface area contributed by atoms with Gasteiger partial charge in [0.2, 0.25) is 0 Å². The fraction of sp³-hybridized carbons (Fsp3) is 0.615. The van der Waals surface area contributed by atoms with E-state index in [2.05, 4.69) is 24.9 Å². The highest BCUT2D eigenvalue weighted by molar-refractivity contribution is 5.18. The number of hydrogen-bond donors (Lipinski definition) is 1. The van der Waals surface area contributed by atoms with Crippen LogP contribution in [0.5, 0.6) is 0 Å². The maximum absolute atomic E-state index is 6.20. The molecule has 2 unspecified atom stereocenters. The fourth-order valence-electron chi connectivity index (χ4n) is 2.57. The molecular weight excluding hydrogens is 184 g/mol. The number of pyridine rings is 1. The molecule has 0 aliphatic heterocycles. The fourth-order valence-corrected chi connectivity index (χ4v) is 2.57. The van der Waals surface area contributed by atoms with Crippen LogP contribution in [0.3, 0.4) is 0 Å². The summed E-state index contributed by atoms with van der Waals surface area (Å²) >= 11 is 0. The summed E-state index contributed by atoms with van der Waals surface area (Å²) in [6, 6.07) is 4.46. The lowest BCUT2D eigenvalue weighted by Gasteiger charge is -2.39. The first-order chi connectivity index (χ1) is 7.08. The molecule has 1 heterocycles. The minimum atomic E-state index is 0.308. The van der Waals surface area contributed by atoms with E-state index in [9.17, 15) is 0 Å². The first kappa shape index (κ1) is 10.6. The Morgan fingerprint density at radius 1 is 1.47 bits per heavy atom. The molecule has 82 valence electrons. The van der Waals surface area contributed by atoms with Gasteiger partial charge in [0.05, 0.1) is 0 Å². The molecule has 1 aromatic rings. The molecular formula is C13H20N2. The molecule has 1 aromatic heterocycles. The summed E-state index contributed by atoms with van der Waals surface area (Å²) in [6.45, 7) is 4.67. The van der Waals surface area contributed by atoms with Crippen LogP contribution in [0.25, 0.3) is 0 Å². The van der Waals surface area contributed by atoms with Crippen molar-refractivity contribution < 1.29 is 0 Å². The Kier molecular flexibility index (Phi) is 2.79. The lowest BCUT2D eigenvalue weighted by Crippen LogP contribution is -2.37. The van der Waals surface area contributed by atoms with Gasteiger partial charge in [-0.2, -0.15) is 0 Å². The van der Waals surface area contributed by atoms with Crippen LogP contribution in [0, 0.1) is 5.41 Å². The summed E-state index contributed by atoms with van der Waals surface area (Å²) in [7, 11) is 0. The molecule has 1 aliphatic rings. The van der Waals surface area contributed by atoms with Gasteiger partial charge < -0.3 is 5.73 Å². The number of nitrogens with two attached hydrogens (primary N) is 1. The Balaban J connectivity index is 2.20. The molecule has 1 fully saturated rings.